The molecule has 0 atom stereocenters. The van der Waals surface area contributed by atoms with Crippen LogP contribution in [0.2, 0.25) is 0 Å². The molecule has 3 aromatic rings. The van der Waals surface area contributed by atoms with Gasteiger partial charge < -0.3 is 4.42 Å². The molecule has 78 valence electrons. The Hall–Kier alpha value is -2.36. The smallest absolute Gasteiger partial charge is 0.407 e. The zero-order valence-electron chi connectivity index (χ0n) is 8.33. The first-order chi connectivity index (χ1) is 7.86. The molecule has 3 rings (SSSR count). The predicted octanol–water partition coefficient (Wildman–Crippen LogP) is 1.98. The summed E-state index contributed by atoms with van der Waals surface area (Å²) in [5.74, 6) is 0.150. The Morgan fingerprint density at radius 3 is 2.69 bits per heavy atom. The number of benzene rings is 1. The van der Waals surface area contributed by atoms with E-state index in [1.807, 2.05) is 24.3 Å². The predicted molar refractivity (Wildman–Crippen MR) is 59.6 cm³/mol. The summed E-state index contributed by atoms with van der Waals surface area (Å²) in [6.07, 6.45) is 1.64. The maximum atomic E-state index is 11.7. The van der Waals surface area contributed by atoms with Crippen molar-refractivity contribution in [3.63, 3.8) is 0 Å². The molecule has 4 heteroatoms. The van der Waals surface area contributed by atoms with E-state index in [0.29, 0.717) is 11.4 Å². The average Bonchev–Trinajstić information content (AvgIpc) is 2.66. The summed E-state index contributed by atoms with van der Waals surface area (Å²) in [6.45, 7) is 0. The van der Waals surface area contributed by atoms with Gasteiger partial charge in [-0.3, -0.25) is 0 Å². The summed E-state index contributed by atoms with van der Waals surface area (Å²) in [5.41, 5.74) is 1.30. The second kappa shape index (κ2) is 3.34. The SMILES string of the molecule is O=c1oc2ccccc2n1-c1ccccn1. The van der Waals surface area contributed by atoms with E-state index in [1.54, 1.807) is 24.4 Å². The molecule has 0 unspecified atom stereocenters. The van der Waals surface area contributed by atoms with Crippen molar-refractivity contribution in [3.8, 4) is 5.82 Å². The molecule has 0 spiro atoms. The summed E-state index contributed by atoms with van der Waals surface area (Å²) in [5, 5.41) is 0. The Morgan fingerprint density at radius 1 is 1.06 bits per heavy atom. The first-order valence-electron chi connectivity index (χ1n) is 4.88. The first kappa shape index (κ1) is 8.91. The quantitative estimate of drug-likeness (QED) is 0.619. The van der Waals surface area contributed by atoms with Gasteiger partial charge in [0, 0.05) is 6.20 Å². The Kier molecular flexibility index (Phi) is 1.86. The van der Waals surface area contributed by atoms with Crippen LogP contribution < -0.4 is 5.76 Å². The molecule has 0 aliphatic rings. The first-order valence-corrected chi connectivity index (χ1v) is 4.88. The second-order valence-corrected chi connectivity index (χ2v) is 3.36. The van der Waals surface area contributed by atoms with E-state index < -0.39 is 5.76 Å². The van der Waals surface area contributed by atoms with Crippen LogP contribution in [0.25, 0.3) is 16.9 Å². The third-order valence-electron chi connectivity index (χ3n) is 2.36. The number of hydrogen-bond donors (Lipinski definition) is 0. The molecule has 0 aliphatic heterocycles. The second-order valence-electron chi connectivity index (χ2n) is 3.36. The molecule has 0 aliphatic carbocycles. The molecule has 4 nitrogen and oxygen atoms in total. The van der Waals surface area contributed by atoms with Gasteiger partial charge in [0.05, 0.1) is 5.52 Å². The van der Waals surface area contributed by atoms with Crippen LogP contribution in [0.15, 0.2) is 57.9 Å². The van der Waals surface area contributed by atoms with Crippen LogP contribution in [-0.4, -0.2) is 9.55 Å². The fraction of sp³-hybridized carbons (Fsp3) is 0. The Bertz CT molecular complexity index is 683. The molecule has 16 heavy (non-hydrogen) atoms. The van der Waals surface area contributed by atoms with Crippen molar-refractivity contribution in [2.75, 3.05) is 0 Å². The number of pyridine rings is 1. The molecule has 0 N–H and O–H groups in total. The maximum absolute atomic E-state index is 11.7. The highest BCUT2D eigenvalue weighted by atomic mass is 16.4. The Morgan fingerprint density at radius 2 is 1.88 bits per heavy atom. The van der Waals surface area contributed by atoms with E-state index >= 15 is 0 Å². The third kappa shape index (κ3) is 1.24. The number of aromatic nitrogens is 2. The minimum absolute atomic E-state index is 0.417. The van der Waals surface area contributed by atoms with Crippen LogP contribution >= 0.6 is 0 Å². The molecule has 0 saturated heterocycles. The summed E-state index contributed by atoms with van der Waals surface area (Å²) in [7, 11) is 0. The number of para-hydroxylation sites is 2. The van der Waals surface area contributed by atoms with Crippen molar-refractivity contribution >= 4 is 11.1 Å². The number of fused-ring (bicyclic) bond motifs is 1. The monoisotopic (exact) mass is 212 g/mol. The largest absolute Gasteiger partial charge is 0.425 e. The molecule has 0 amide bonds. The average molecular weight is 212 g/mol. The molecule has 0 saturated carbocycles. The maximum Gasteiger partial charge on any atom is 0.425 e. The molecule has 0 fully saturated rings. The van der Waals surface area contributed by atoms with Crippen molar-refractivity contribution < 1.29 is 4.42 Å². The van der Waals surface area contributed by atoms with E-state index in [9.17, 15) is 4.79 Å². The Labute approximate surface area is 90.8 Å². The van der Waals surface area contributed by atoms with E-state index in [-0.39, 0.29) is 0 Å². The number of hydrogen-bond acceptors (Lipinski definition) is 3. The lowest BCUT2D eigenvalue weighted by molar-refractivity contribution is 0.539. The highest BCUT2D eigenvalue weighted by Gasteiger charge is 2.10. The number of nitrogens with zero attached hydrogens (tertiary/aromatic N) is 2. The molecular formula is C12H8N2O2. The normalized spacial score (nSPS) is 10.8. The van der Waals surface area contributed by atoms with Crippen molar-refractivity contribution in [2.24, 2.45) is 0 Å². The van der Waals surface area contributed by atoms with E-state index in [0.717, 1.165) is 5.52 Å². The molecule has 1 aromatic carbocycles. The fourth-order valence-electron chi connectivity index (χ4n) is 1.67. The van der Waals surface area contributed by atoms with Crippen LogP contribution in [0.3, 0.4) is 0 Å². The highest BCUT2D eigenvalue weighted by molar-refractivity contribution is 5.74. The van der Waals surface area contributed by atoms with E-state index in [4.69, 9.17) is 4.42 Å². The van der Waals surface area contributed by atoms with Crippen molar-refractivity contribution in [1.82, 2.24) is 9.55 Å². The van der Waals surface area contributed by atoms with Gasteiger partial charge in [-0.15, -0.1) is 0 Å². The van der Waals surface area contributed by atoms with Gasteiger partial charge in [-0.2, -0.15) is 0 Å². The standard InChI is InChI=1S/C12H8N2O2/c15-12-14(11-7-3-4-8-13-11)9-5-1-2-6-10(9)16-12/h1-8H. The summed E-state index contributed by atoms with van der Waals surface area (Å²) >= 11 is 0. The molecule has 2 aromatic heterocycles. The minimum atomic E-state index is -0.417. The summed E-state index contributed by atoms with van der Waals surface area (Å²) in [4.78, 5) is 15.8. The molecule has 0 radical (unpaired) electrons. The molecule has 2 heterocycles. The topological polar surface area (TPSA) is 48.0 Å². The summed E-state index contributed by atoms with van der Waals surface area (Å²) in [6, 6.07) is 12.7. The van der Waals surface area contributed by atoms with Crippen molar-refractivity contribution in [2.45, 2.75) is 0 Å². The summed E-state index contributed by atoms with van der Waals surface area (Å²) < 4.78 is 6.57. The molecular weight excluding hydrogens is 204 g/mol. The van der Waals surface area contributed by atoms with E-state index in [2.05, 4.69) is 4.98 Å². The van der Waals surface area contributed by atoms with Crippen LogP contribution in [0.4, 0.5) is 0 Å². The fourth-order valence-corrected chi connectivity index (χ4v) is 1.67. The van der Waals surface area contributed by atoms with Gasteiger partial charge in [0.2, 0.25) is 0 Å². The van der Waals surface area contributed by atoms with Gasteiger partial charge in [-0.1, -0.05) is 18.2 Å². The van der Waals surface area contributed by atoms with E-state index in [1.165, 1.54) is 4.57 Å². The van der Waals surface area contributed by atoms with Gasteiger partial charge in [-0.25, -0.2) is 14.3 Å². The zero-order chi connectivity index (χ0) is 11.0. The number of oxazole rings is 1. The highest BCUT2D eigenvalue weighted by Crippen LogP contribution is 2.14. The number of rotatable bonds is 1. The third-order valence-corrected chi connectivity index (χ3v) is 2.36. The lowest BCUT2D eigenvalue weighted by Gasteiger charge is -1.98. The lowest BCUT2D eigenvalue weighted by atomic mass is 10.3. The van der Waals surface area contributed by atoms with Crippen LogP contribution in [0.1, 0.15) is 0 Å². The van der Waals surface area contributed by atoms with Crippen molar-refractivity contribution in [1.29, 1.82) is 0 Å². The Balaban J connectivity index is 2.40. The van der Waals surface area contributed by atoms with Gasteiger partial charge in [0.25, 0.3) is 0 Å². The lowest BCUT2D eigenvalue weighted by Crippen LogP contribution is -2.12. The zero-order valence-corrected chi connectivity index (χ0v) is 8.33. The van der Waals surface area contributed by atoms with Gasteiger partial charge >= 0.3 is 5.76 Å². The van der Waals surface area contributed by atoms with Crippen molar-refractivity contribution in [3.05, 3.63) is 59.2 Å². The van der Waals surface area contributed by atoms with Gasteiger partial charge in [0.15, 0.2) is 5.58 Å². The van der Waals surface area contributed by atoms with Crippen LogP contribution in [0.5, 0.6) is 0 Å². The van der Waals surface area contributed by atoms with Gasteiger partial charge in [0.1, 0.15) is 5.82 Å². The van der Waals surface area contributed by atoms with Crippen LogP contribution in [-0.2, 0) is 0 Å². The van der Waals surface area contributed by atoms with Gasteiger partial charge in [-0.05, 0) is 24.3 Å². The minimum Gasteiger partial charge on any atom is -0.407 e. The molecule has 0 bridgehead atoms. The van der Waals surface area contributed by atoms with Crippen LogP contribution in [0, 0.1) is 0 Å².